The molecule has 0 amide bonds. The number of thiocarbonyl (C=S) groups is 1. The minimum atomic E-state index is 0.0421. The largest absolute Gasteiger partial charge is 0.467 e. The van der Waals surface area contributed by atoms with Gasteiger partial charge in [0.2, 0.25) is 0 Å². The molecule has 0 aromatic carbocycles. The molecule has 4 nitrogen and oxygen atoms in total. The van der Waals surface area contributed by atoms with E-state index in [0.717, 1.165) is 16.6 Å². The van der Waals surface area contributed by atoms with Gasteiger partial charge in [0, 0.05) is 12.2 Å². The lowest BCUT2D eigenvalue weighted by Crippen LogP contribution is -2.37. The highest BCUT2D eigenvalue weighted by Crippen LogP contribution is 2.42. The highest BCUT2D eigenvalue weighted by Gasteiger charge is 2.44. The van der Waals surface area contributed by atoms with Crippen molar-refractivity contribution in [2.24, 2.45) is 0 Å². The fourth-order valence-electron chi connectivity index (χ4n) is 3.71. The molecule has 2 atom stereocenters. The molecule has 0 unspecified atom stereocenters. The van der Waals surface area contributed by atoms with Crippen LogP contribution >= 0.6 is 12.2 Å². The summed E-state index contributed by atoms with van der Waals surface area (Å²) in [6.45, 7) is 0. The van der Waals surface area contributed by atoms with Crippen molar-refractivity contribution in [1.29, 1.82) is 0 Å². The maximum absolute atomic E-state index is 5.74. The number of pyridine rings is 1. The summed E-state index contributed by atoms with van der Waals surface area (Å²) < 4.78 is 5.74. The average molecular weight is 313 g/mol. The fraction of sp³-hybridized carbons (Fsp3) is 0.412. The number of nitrogens with one attached hydrogen (secondary N) is 1. The van der Waals surface area contributed by atoms with Gasteiger partial charge in [0.15, 0.2) is 5.11 Å². The summed E-state index contributed by atoms with van der Waals surface area (Å²) in [6, 6.07) is 10.6. The van der Waals surface area contributed by atoms with E-state index in [0.29, 0.717) is 6.04 Å². The molecule has 2 aromatic rings. The lowest BCUT2D eigenvalue weighted by molar-refractivity contribution is 0.217. The number of aromatic nitrogens is 1. The molecule has 2 aliphatic rings. The Morgan fingerprint density at radius 2 is 2.05 bits per heavy atom. The van der Waals surface area contributed by atoms with Crippen molar-refractivity contribution in [3.05, 3.63) is 54.2 Å². The minimum absolute atomic E-state index is 0.0421. The summed E-state index contributed by atoms with van der Waals surface area (Å²) >= 11 is 5.65. The Kier molecular flexibility index (Phi) is 3.58. The Bertz CT molecular complexity index is 637. The minimum Gasteiger partial charge on any atom is -0.467 e. The van der Waals surface area contributed by atoms with Crippen LogP contribution in [0.1, 0.15) is 49.2 Å². The fourth-order valence-corrected chi connectivity index (χ4v) is 4.09. The van der Waals surface area contributed by atoms with Gasteiger partial charge in [-0.05, 0) is 49.3 Å². The molecule has 5 heteroatoms. The van der Waals surface area contributed by atoms with Crippen molar-refractivity contribution in [2.75, 3.05) is 0 Å². The van der Waals surface area contributed by atoms with Gasteiger partial charge in [-0.15, -0.1) is 0 Å². The summed E-state index contributed by atoms with van der Waals surface area (Å²) in [5, 5.41) is 4.29. The molecule has 0 spiro atoms. The second kappa shape index (κ2) is 5.72. The molecule has 0 radical (unpaired) electrons. The van der Waals surface area contributed by atoms with Crippen LogP contribution in [0.2, 0.25) is 0 Å². The number of nitrogens with zero attached hydrogens (tertiary/aromatic N) is 2. The second-order valence-electron chi connectivity index (χ2n) is 5.99. The molecule has 2 aromatic heterocycles. The van der Waals surface area contributed by atoms with Gasteiger partial charge >= 0.3 is 0 Å². The quantitative estimate of drug-likeness (QED) is 0.877. The van der Waals surface area contributed by atoms with E-state index in [1.807, 2.05) is 36.5 Å². The van der Waals surface area contributed by atoms with E-state index < -0.39 is 0 Å². The monoisotopic (exact) mass is 313 g/mol. The van der Waals surface area contributed by atoms with Gasteiger partial charge in [-0.3, -0.25) is 4.98 Å². The smallest absolute Gasteiger partial charge is 0.170 e. The first-order valence-electron chi connectivity index (χ1n) is 7.88. The van der Waals surface area contributed by atoms with Crippen LogP contribution in [-0.2, 0) is 0 Å². The van der Waals surface area contributed by atoms with Crippen LogP contribution in [0.5, 0.6) is 0 Å². The zero-order valence-electron chi connectivity index (χ0n) is 12.3. The Balaban J connectivity index is 1.74. The van der Waals surface area contributed by atoms with Crippen LogP contribution in [-0.4, -0.2) is 21.0 Å². The first kappa shape index (κ1) is 13.8. The van der Waals surface area contributed by atoms with E-state index in [4.69, 9.17) is 16.6 Å². The van der Waals surface area contributed by atoms with Gasteiger partial charge in [0.1, 0.15) is 11.8 Å². The molecule has 0 bridgehead atoms. The van der Waals surface area contributed by atoms with Crippen LogP contribution in [0.15, 0.2) is 47.2 Å². The molecule has 4 rings (SSSR count). The molecule has 114 valence electrons. The SMILES string of the molecule is S=C1N[C@H](c2ccccn2)[C@@H](c2ccco2)N1C1CCCC1. The van der Waals surface area contributed by atoms with Gasteiger partial charge in [-0.2, -0.15) is 0 Å². The Labute approximate surface area is 135 Å². The third kappa shape index (κ3) is 2.29. The third-order valence-electron chi connectivity index (χ3n) is 4.69. The Morgan fingerprint density at radius 1 is 1.18 bits per heavy atom. The molecule has 1 saturated heterocycles. The average Bonchev–Trinajstić information content (AvgIpc) is 3.28. The molecular formula is C17H19N3OS. The summed E-state index contributed by atoms with van der Waals surface area (Å²) in [5.74, 6) is 0.954. The third-order valence-corrected chi connectivity index (χ3v) is 5.02. The molecule has 1 saturated carbocycles. The molecule has 3 heterocycles. The highest BCUT2D eigenvalue weighted by molar-refractivity contribution is 7.80. The predicted molar refractivity (Wildman–Crippen MR) is 88.3 cm³/mol. The first-order chi connectivity index (χ1) is 10.8. The molecule has 1 aliphatic heterocycles. The number of furan rings is 1. The first-order valence-corrected chi connectivity index (χ1v) is 8.28. The van der Waals surface area contributed by atoms with Gasteiger partial charge in [-0.1, -0.05) is 18.9 Å². The highest BCUT2D eigenvalue weighted by atomic mass is 32.1. The lowest BCUT2D eigenvalue weighted by Gasteiger charge is -2.31. The number of hydrogen-bond acceptors (Lipinski definition) is 3. The van der Waals surface area contributed by atoms with Crippen LogP contribution in [0.3, 0.4) is 0 Å². The van der Waals surface area contributed by atoms with E-state index in [1.54, 1.807) is 6.26 Å². The van der Waals surface area contributed by atoms with Gasteiger partial charge < -0.3 is 14.6 Å². The Hall–Kier alpha value is -1.88. The van der Waals surface area contributed by atoms with Crippen molar-refractivity contribution in [3.8, 4) is 0 Å². The lowest BCUT2D eigenvalue weighted by atomic mass is 10.0. The predicted octanol–water partition coefficient (Wildman–Crippen LogP) is 3.59. The maximum Gasteiger partial charge on any atom is 0.170 e. The van der Waals surface area contributed by atoms with Crippen LogP contribution in [0.4, 0.5) is 0 Å². The van der Waals surface area contributed by atoms with Gasteiger partial charge in [-0.25, -0.2) is 0 Å². The molecule has 1 aliphatic carbocycles. The zero-order valence-corrected chi connectivity index (χ0v) is 13.1. The molecule has 22 heavy (non-hydrogen) atoms. The molecular weight excluding hydrogens is 294 g/mol. The van der Waals surface area contributed by atoms with Crippen molar-refractivity contribution >= 4 is 17.3 Å². The van der Waals surface area contributed by atoms with E-state index in [-0.39, 0.29) is 12.1 Å². The molecule has 1 N–H and O–H groups in total. The normalized spacial score (nSPS) is 25.6. The van der Waals surface area contributed by atoms with E-state index >= 15 is 0 Å². The van der Waals surface area contributed by atoms with Gasteiger partial charge in [0.25, 0.3) is 0 Å². The topological polar surface area (TPSA) is 41.3 Å². The van der Waals surface area contributed by atoms with Crippen molar-refractivity contribution in [2.45, 2.75) is 43.8 Å². The van der Waals surface area contributed by atoms with Crippen LogP contribution in [0, 0.1) is 0 Å². The summed E-state index contributed by atoms with van der Waals surface area (Å²) in [6.07, 6.45) is 8.53. The van der Waals surface area contributed by atoms with E-state index in [9.17, 15) is 0 Å². The Morgan fingerprint density at radius 3 is 2.73 bits per heavy atom. The standard InChI is InChI=1S/C17H19N3OS/c22-17-19-15(13-8-3-4-10-18-13)16(14-9-5-11-21-14)20(17)12-6-1-2-7-12/h3-5,8-12,15-16H,1-2,6-7H2,(H,19,22)/t15-,16-/m1/s1. The van der Waals surface area contributed by atoms with Crippen molar-refractivity contribution in [1.82, 2.24) is 15.2 Å². The summed E-state index contributed by atoms with van der Waals surface area (Å²) in [4.78, 5) is 6.87. The van der Waals surface area contributed by atoms with E-state index in [2.05, 4.69) is 15.2 Å². The number of rotatable bonds is 3. The van der Waals surface area contributed by atoms with E-state index in [1.165, 1.54) is 25.7 Å². The summed E-state index contributed by atoms with van der Waals surface area (Å²) in [7, 11) is 0. The second-order valence-corrected chi connectivity index (χ2v) is 6.37. The van der Waals surface area contributed by atoms with Crippen LogP contribution in [0.25, 0.3) is 0 Å². The summed E-state index contributed by atoms with van der Waals surface area (Å²) in [5.41, 5.74) is 1.01. The zero-order chi connectivity index (χ0) is 14.9. The van der Waals surface area contributed by atoms with Crippen LogP contribution < -0.4 is 5.32 Å². The van der Waals surface area contributed by atoms with Gasteiger partial charge in [0.05, 0.1) is 18.0 Å². The number of hydrogen-bond donors (Lipinski definition) is 1. The maximum atomic E-state index is 5.74. The van der Waals surface area contributed by atoms with Crippen molar-refractivity contribution < 1.29 is 4.42 Å². The molecule has 2 fully saturated rings. The van der Waals surface area contributed by atoms with Crippen molar-refractivity contribution in [3.63, 3.8) is 0 Å².